The van der Waals surface area contributed by atoms with Crippen molar-refractivity contribution in [2.75, 3.05) is 12.3 Å². The molecule has 0 unspecified atom stereocenters. The zero-order valence-corrected chi connectivity index (χ0v) is 11.6. The fourth-order valence-electron chi connectivity index (χ4n) is 1.77. The number of benzene rings is 1. The zero-order chi connectivity index (χ0) is 12.9. The van der Waals surface area contributed by atoms with Gasteiger partial charge in [0, 0.05) is 13.1 Å². The van der Waals surface area contributed by atoms with Crippen LogP contribution in [0.15, 0.2) is 24.3 Å². The second-order valence-electron chi connectivity index (χ2n) is 4.17. The highest BCUT2D eigenvalue weighted by Crippen LogP contribution is 2.13. The summed E-state index contributed by atoms with van der Waals surface area (Å²) >= 11 is 0. The Morgan fingerprint density at radius 1 is 1.18 bits per heavy atom. The molecule has 0 aliphatic carbocycles. The molecule has 0 aliphatic heterocycles. The van der Waals surface area contributed by atoms with Crippen LogP contribution in [-0.2, 0) is 16.6 Å². The highest BCUT2D eigenvalue weighted by atomic mass is 32.2. The molecule has 0 radical (unpaired) electrons. The van der Waals surface area contributed by atoms with E-state index in [4.69, 9.17) is 0 Å². The molecule has 0 atom stereocenters. The minimum absolute atomic E-state index is 0.229. The minimum atomic E-state index is -3.10. The predicted octanol–water partition coefficient (Wildman–Crippen LogP) is 2.56. The van der Waals surface area contributed by atoms with Crippen LogP contribution in [0, 0.1) is 6.92 Å². The summed E-state index contributed by atoms with van der Waals surface area (Å²) in [5.74, 6) is 0.229. The van der Waals surface area contributed by atoms with Gasteiger partial charge in [-0.1, -0.05) is 38.1 Å². The first-order valence-electron chi connectivity index (χ1n) is 6.03. The zero-order valence-electron chi connectivity index (χ0n) is 10.8. The molecule has 1 aromatic carbocycles. The van der Waals surface area contributed by atoms with E-state index in [2.05, 4.69) is 0 Å². The highest BCUT2D eigenvalue weighted by molar-refractivity contribution is 7.89. The fourth-order valence-corrected chi connectivity index (χ4v) is 3.27. The quantitative estimate of drug-likeness (QED) is 0.783. The Morgan fingerprint density at radius 3 is 2.35 bits per heavy atom. The van der Waals surface area contributed by atoms with Gasteiger partial charge in [-0.15, -0.1) is 0 Å². The molecule has 1 rings (SSSR count). The lowest BCUT2D eigenvalue weighted by atomic mass is 10.1. The van der Waals surface area contributed by atoms with Crippen molar-refractivity contribution in [3.05, 3.63) is 35.4 Å². The van der Waals surface area contributed by atoms with Crippen molar-refractivity contribution >= 4 is 10.0 Å². The lowest BCUT2D eigenvalue weighted by Crippen LogP contribution is -2.32. The maximum atomic E-state index is 12.0. The summed E-state index contributed by atoms with van der Waals surface area (Å²) in [5, 5.41) is 0. The molecule has 0 spiro atoms. The standard InChI is InChI=1S/C13H21NO2S/c1-4-10-17(15,16)14(5-2)11-13-9-7-6-8-12(13)3/h6-9H,4-5,10-11H2,1-3H3. The van der Waals surface area contributed by atoms with Crippen LogP contribution in [0.25, 0.3) is 0 Å². The Balaban J connectivity index is 2.88. The SMILES string of the molecule is CCCS(=O)(=O)N(CC)Cc1ccccc1C. The Bertz CT molecular complexity index is 454. The maximum Gasteiger partial charge on any atom is 0.214 e. The van der Waals surface area contributed by atoms with Crippen molar-refractivity contribution in [3.8, 4) is 0 Å². The Labute approximate surface area is 105 Å². The van der Waals surface area contributed by atoms with Crippen molar-refractivity contribution in [3.63, 3.8) is 0 Å². The van der Waals surface area contributed by atoms with Crippen molar-refractivity contribution in [1.82, 2.24) is 4.31 Å². The average Bonchev–Trinajstić information content (AvgIpc) is 2.27. The number of hydrogen-bond acceptors (Lipinski definition) is 2. The lowest BCUT2D eigenvalue weighted by molar-refractivity contribution is 0.422. The van der Waals surface area contributed by atoms with Gasteiger partial charge in [0.2, 0.25) is 10.0 Å². The van der Waals surface area contributed by atoms with Gasteiger partial charge < -0.3 is 0 Å². The maximum absolute atomic E-state index is 12.0. The molecular formula is C13H21NO2S. The van der Waals surface area contributed by atoms with Crippen molar-refractivity contribution < 1.29 is 8.42 Å². The highest BCUT2D eigenvalue weighted by Gasteiger charge is 2.19. The number of hydrogen-bond donors (Lipinski definition) is 0. The molecule has 0 bridgehead atoms. The van der Waals surface area contributed by atoms with Crippen molar-refractivity contribution in [2.24, 2.45) is 0 Å². The number of nitrogens with zero attached hydrogens (tertiary/aromatic N) is 1. The third kappa shape index (κ3) is 3.82. The molecule has 0 aromatic heterocycles. The van der Waals surface area contributed by atoms with Crippen LogP contribution in [0.1, 0.15) is 31.4 Å². The van der Waals surface area contributed by atoms with E-state index in [1.165, 1.54) is 0 Å². The first-order valence-corrected chi connectivity index (χ1v) is 7.64. The van der Waals surface area contributed by atoms with E-state index in [9.17, 15) is 8.42 Å². The van der Waals surface area contributed by atoms with Gasteiger partial charge in [0.1, 0.15) is 0 Å². The summed E-state index contributed by atoms with van der Waals surface area (Å²) in [5.41, 5.74) is 2.21. The molecule has 0 saturated heterocycles. The third-order valence-electron chi connectivity index (χ3n) is 2.82. The topological polar surface area (TPSA) is 37.4 Å². The second-order valence-corrected chi connectivity index (χ2v) is 6.26. The van der Waals surface area contributed by atoms with E-state index in [0.29, 0.717) is 19.5 Å². The van der Waals surface area contributed by atoms with E-state index in [0.717, 1.165) is 11.1 Å². The lowest BCUT2D eigenvalue weighted by Gasteiger charge is -2.21. The van der Waals surface area contributed by atoms with E-state index in [-0.39, 0.29) is 5.75 Å². The molecule has 0 fully saturated rings. The number of sulfonamides is 1. The van der Waals surface area contributed by atoms with Gasteiger partial charge >= 0.3 is 0 Å². The third-order valence-corrected chi connectivity index (χ3v) is 4.91. The van der Waals surface area contributed by atoms with Gasteiger partial charge in [-0.3, -0.25) is 0 Å². The molecule has 0 N–H and O–H groups in total. The van der Waals surface area contributed by atoms with Crippen LogP contribution in [0.4, 0.5) is 0 Å². The van der Waals surface area contributed by atoms with Crippen molar-refractivity contribution in [1.29, 1.82) is 0 Å². The molecule has 3 nitrogen and oxygen atoms in total. The van der Waals surface area contributed by atoms with Crippen LogP contribution in [-0.4, -0.2) is 25.0 Å². The van der Waals surface area contributed by atoms with Crippen LogP contribution in [0.5, 0.6) is 0 Å². The Kier molecular flexibility index (Phi) is 5.15. The van der Waals surface area contributed by atoms with Gasteiger partial charge in [-0.25, -0.2) is 8.42 Å². The van der Waals surface area contributed by atoms with E-state index >= 15 is 0 Å². The molecule has 0 saturated carbocycles. The van der Waals surface area contributed by atoms with Gasteiger partial charge in [-0.2, -0.15) is 4.31 Å². The summed E-state index contributed by atoms with van der Waals surface area (Å²) in [4.78, 5) is 0. The van der Waals surface area contributed by atoms with Crippen LogP contribution < -0.4 is 0 Å². The normalized spacial score (nSPS) is 12.0. The summed E-state index contributed by atoms with van der Waals surface area (Å²) in [6.45, 7) is 6.78. The molecule has 0 aliphatic rings. The molecule has 0 amide bonds. The van der Waals surface area contributed by atoms with Crippen LogP contribution in [0.3, 0.4) is 0 Å². The molecule has 4 heteroatoms. The Hall–Kier alpha value is -0.870. The molecular weight excluding hydrogens is 234 g/mol. The largest absolute Gasteiger partial charge is 0.214 e. The number of rotatable bonds is 6. The van der Waals surface area contributed by atoms with Gasteiger partial charge in [-0.05, 0) is 24.5 Å². The smallest absolute Gasteiger partial charge is 0.212 e. The molecule has 1 aromatic rings. The van der Waals surface area contributed by atoms with Crippen LogP contribution in [0.2, 0.25) is 0 Å². The monoisotopic (exact) mass is 255 g/mol. The summed E-state index contributed by atoms with van der Waals surface area (Å²) < 4.78 is 25.6. The van der Waals surface area contributed by atoms with Crippen LogP contribution >= 0.6 is 0 Å². The second kappa shape index (κ2) is 6.17. The summed E-state index contributed by atoms with van der Waals surface area (Å²) in [6, 6.07) is 7.91. The van der Waals surface area contributed by atoms with Crippen molar-refractivity contribution in [2.45, 2.75) is 33.7 Å². The average molecular weight is 255 g/mol. The van der Waals surface area contributed by atoms with E-state index in [1.54, 1.807) is 4.31 Å². The molecule has 17 heavy (non-hydrogen) atoms. The Morgan fingerprint density at radius 2 is 1.82 bits per heavy atom. The first kappa shape index (κ1) is 14.2. The number of aryl methyl sites for hydroxylation is 1. The fraction of sp³-hybridized carbons (Fsp3) is 0.538. The predicted molar refractivity (Wildman–Crippen MR) is 71.3 cm³/mol. The molecule has 96 valence electrons. The van der Waals surface area contributed by atoms with E-state index < -0.39 is 10.0 Å². The first-order chi connectivity index (χ1) is 8.01. The van der Waals surface area contributed by atoms with Gasteiger partial charge in [0.15, 0.2) is 0 Å². The van der Waals surface area contributed by atoms with Gasteiger partial charge in [0.25, 0.3) is 0 Å². The summed E-state index contributed by atoms with van der Waals surface area (Å²) in [7, 11) is -3.10. The summed E-state index contributed by atoms with van der Waals surface area (Å²) in [6.07, 6.45) is 0.659. The minimum Gasteiger partial charge on any atom is -0.212 e. The van der Waals surface area contributed by atoms with E-state index in [1.807, 2.05) is 45.0 Å². The molecule has 0 heterocycles. The van der Waals surface area contributed by atoms with Gasteiger partial charge in [0.05, 0.1) is 5.75 Å².